The molecule has 0 fully saturated rings. The van der Waals surface area contributed by atoms with Crippen molar-refractivity contribution in [2.45, 2.75) is 11.8 Å². The first-order valence-electron chi connectivity index (χ1n) is 6.23. The average Bonchev–Trinajstić information content (AvgIpc) is 2.49. The molecule has 116 valence electrons. The number of nitrogens with zero attached hydrogens (tertiary/aromatic N) is 2. The van der Waals surface area contributed by atoms with Gasteiger partial charge in [0.2, 0.25) is 0 Å². The van der Waals surface area contributed by atoms with Crippen LogP contribution in [0.15, 0.2) is 47.4 Å². The van der Waals surface area contributed by atoms with E-state index in [2.05, 4.69) is 0 Å². The summed E-state index contributed by atoms with van der Waals surface area (Å²) in [7, 11) is -2.54. The number of hydrogen-bond acceptors (Lipinski definition) is 4. The van der Waals surface area contributed by atoms with Gasteiger partial charge in [-0.3, -0.25) is 14.4 Å². The molecular weight excluding hydrogens is 328 g/mol. The molecule has 6 nitrogen and oxygen atoms in total. The maximum absolute atomic E-state index is 12.6. The molecule has 0 N–H and O–H groups in total. The van der Waals surface area contributed by atoms with Gasteiger partial charge < -0.3 is 0 Å². The van der Waals surface area contributed by atoms with Crippen LogP contribution in [0.25, 0.3) is 0 Å². The number of nitro groups is 1. The quantitative estimate of drug-likeness (QED) is 0.631. The fourth-order valence-corrected chi connectivity index (χ4v) is 3.45. The van der Waals surface area contributed by atoms with Crippen molar-refractivity contribution in [2.24, 2.45) is 0 Å². The highest BCUT2D eigenvalue weighted by Crippen LogP contribution is 2.30. The van der Waals surface area contributed by atoms with Crippen LogP contribution in [0.1, 0.15) is 5.56 Å². The van der Waals surface area contributed by atoms with Crippen LogP contribution in [-0.2, 0) is 10.0 Å². The highest BCUT2D eigenvalue weighted by molar-refractivity contribution is 7.92. The molecule has 0 bridgehead atoms. The summed E-state index contributed by atoms with van der Waals surface area (Å²) in [5, 5.41) is 11.2. The van der Waals surface area contributed by atoms with Gasteiger partial charge >= 0.3 is 0 Å². The number of halogens is 1. The molecule has 2 rings (SSSR count). The standard InChI is InChI=1S/C14H13ClN2O4S/c1-10-13(15)7-4-8-14(10)16(2)22(20,21)12-6-3-5-11(9-12)17(18)19/h3-9H,1-2H3. The number of hydrogen-bond donors (Lipinski definition) is 0. The molecule has 0 saturated carbocycles. The topological polar surface area (TPSA) is 80.5 Å². The zero-order valence-electron chi connectivity index (χ0n) is 11.9. The molecule has 2 aromatic rings. The predicted octanol–water partition coefficient (Wildman–Crippen LogP) is 3.38. The molecule has 0 heterocycles. The predicted molar refractivity (Wildman–Crippen MR) is 84.9 cm³/mol. The molecule has 0 radical (unpaired) electrons. The van der Waals surface area contributed by atoms with Gasteiger partial charge in [0.05, 0.1) is 15.5 Å². The molecule has 0 spiro atoms. The third-order valence-electron chi connectivity index (χ3n) is 3.27. The Morgan fingerprint density at radius 1 is 1.18 bits per heavy atom. The van der Waals surface area contributed by atoms with E-state index in [0.29, 0.717) is 16.3 Å². The Morgan fingerprint density at radius 2 is 1.82 bits per heavy atom. The van der Waals surface area contributed by atoms with Crippen molar-refractivity contribution < 1.29 is 13.3 Å². The molecule has 0 aliphatic heterocycles. The molecule has 0 atom stereocenters. The summed E-state index contributed by atoms with van der Waals surface area (Å²) in [6, 6.07) is 9.85. The van der Waals surface area contributed by atoms with Gasteiger partial charge in [-0.1, -0.05) is 23.7 Å². The normalized spacial score (nSPS) is 11.2. The third-order valence-corrected chi connectivity index (χ3v) is 5.44. The molecule has 22 heavy (non-hydrogen) atoms. The lowest BCUT2D eigenvalue weighted by molar-refractivity contribution is -0.385. The second-order valence-corrected chi connectivity index (χ2v) is 6.99. The fraction of sp³-hybridized carbons (Fsp3) is 0.143. The Labute approximate surface area is 133 Å². The van der Waals surface area contributed by atoms with E-state index in [1.165, 1.54) is 25.2 Å². The molecule has 8 heteroatoms. The summed E-state index contributed by atoms with van der Waals surface area (Å²) in [6.07, 6.45) is 0. The van der Waals surface area contributed by atoms with E-state index in [4.69, 9.17) is 11.6 Å². The Morgan fingerprint density at radius 3 is 2.45 bits per heavy atom. The van der Waals surface area contributed by atoms with E-state index >= 15 is 0 Å². The maximum Gasteiger partial charge on any atom is 0.270 e. The minimum Gasteiger partial charge on any atom is -0.269 e. The van der Waals surface area contributed by atoms with E-state index in [-0.39, 0.29) is 10.6 Å². The molecular formula is C14H13ClN2O4S. The van der Waals surface area contributed by atoms with Crippen LogP contribution in [0.3, 0.4) is 0 Å². The Bertz CT molecular complexity index is 836. The fourth-order valence-electron chi connectivity index (χ4n) is 1.98. The minimum atomic E-state index is -3.92. The molecule has 0 amide bonds. The zero-order chi connectivity index (χ0) is 16.5. The number of sulfonamides is 1. The van der Waals surface area contributed by atoms with E-state index in [9.17, 15) is 18.5 Å². The lowest BCUT2D eigenvalue weighted by atomic mass is 10.2. The van der Waals surface area contributed by atoms with Crippen LogP contribution in [0.2, 0.25) is 5.02 Å². The van der Waals surface area contributed by atoms with Gasteiger partial charge in [0, 0.05) is 24.2 Å². The Kier molecular flexibility index (Phi) is 4.39. The average molecular weight is 341 g/mol. The van der Waals surface area contributed by atoms with Crippen molar-refractivity contribution in [3.8, 4) is 0 Å². The molecule has 0 saturated heterocycles. The summed E-state index contributed by atoms with van der Waals surface area (Å²) in [4.78, 5) is 10.0. The van der Waals surface area contributed by atoms with E-state index in [0.717, 1.165) is 10.4 Å². The first-order chi connectivity index (χ1) is 10.2. The van der Waals surface area contributed by atoms with Gasteiger partial charge in [-0.2, -0.15) is 0 Å². The van der Waals surface area contributed by atoms with E-state index < -0.39 is 14.9 Å². The number of benzene rings is 2. The lowest BCUT2D eigenvalue weighted by Gasteiger charge is -2.21. The molecule has 0 aliphatic rings. The second-order valence-electron chi connectivity index (χ2n) is 4.61. The number of non-ortho nitro benzene ring substituents is 1. The van der Waals surface area contributed by atoms with Crippen molar-refractivity contribution in [3.05, 3.63) is 63.2 Å². The summed E-state index contributed by atoms with van der Waals surface area (Å²) >= 11 is 6.01. The third kappa shape index (κ3) is 2.90. The van der Waals surface area contributed by atoms with Crippen molar-refractivity contribution in [3.63, 3.8) is 0 Å². The number of anilines is 1. The van der Waals surface area contributed by atoms with Gasteiger partial charge in [0.1, 0.15) is 0 Å². The van der Waals surface area contributed by atoms with Crippen LogP contribution in [0.4, 0.5) is 11.4 Å². The van der Waals surface area contributed by atoms with Crippen LogP contribution in [-0.4, -0.2) is 20.4 Å². The lowest BCUT2D eigenvalue weighted by Crippen LogP contribution is -2.27. The molecule has 0 aliphatic carbocycles. The van der Waals surface area contributed by atoms with Crippen LogP contribution in [0.5, 0.6) is 0 Å². The number of rotatable bonds is 4. The van der Waals surface area contributed by atoms with Crippen molar-refractivity contribution in [1.29, 1.82) is 0 Å². The van der Waals surface area contributed by atoms with Crippen LogP contribution >= 0.6 is 11.6 Å². The maximum atomic E-state index is 12.6. The first kappa shape index (κ1) is 16.3. The minimum absolute atomic E-state index is 0.149. The monoisotopic (exact) mass is 340 g/mol. The van der Waals surface area contributed by atoms with Crippen LogP contribution < -0.4 is 4.31 Å². The summed E-state index contributed by atoms with van der Waals surface area (Å²) < 4.78 is 26.3. The van der Waals surface area contributed by atoms with Crippen molar-refractivity contribution in [1.82, 2.24) is 0 Å². The van der Waals surface area contributed by atoms with Gasteiger partial charge in [0.25, 0.3) is 15.7 Å². The smallest absolute Gasteiger partial charge is 0.269 e. The van der Waals surface area contributed by atoms with E-state index in [1.807, 2.05) is 0 Å². The molecule has 0 unspecified atom stereocenters. The van der Waals surface area contributed by atoms with Gasteiger partial charge in [-0.15, -0.1) is 0 Å². The zero-order valence-corrected chi connectivity index (χ0v) is 13.4. The van der Waals surface area contributed by atoms with Crippen molar-refractivity contribution >= 4 is 33.0 Å². The Hall–Kier alpha value is -2.12. The summed E-state index contributed by atoms with van der Waals surface area (Å²) in [6.45, 7) is 1.71. The van der Waals surface area contributed by atoms with Gasteiger partial charge in [-0.05, 0) is 30.7 Å². The van der Waals surface area contributed by atoms with Gasteiger partial charge in [-0.25, -0.2) is 8.42 Å². The summed E-state index contributed by atoms with van der Waals surface area (Å²) in [5.41, 5.74) is 0.747. The SMILES string of the molecule is Cc1c(Cl)cccc1N(C)S(=O)(=O)c1cccc([N+](=O)[O-])c1. The molecule has 2 aromatic carbocycles. The van der Waals surface area contributed by atoms with Gasteiger partial charge in [0.15, 0.2) is 0 Å². The first-order valence-corrected chi connectivity index (χ1v) is 8.05. The molecule has 0 aromatic heterocycles. The largest absolute Gasteiger partial charge is 0.270 e. The van der Waals surface area contributed by atoms with Crippen molar-refractivity contribution in [2.75, 3.05) is 11.4 Å². The second kappa shape index (κ2) is 5.94. The van der Waals surface area contributed by atoms with E-state index in [1.54, 1.807) is 25.1 Å². The highest BCUT2D eigenvalue weighted by atomic mass is 35.5. The van der Waals surface area contributed by atoms with Crippen LogP contribution in [0, 0.1) is 17.0 Å². The number of nitro benzene ring substituents is 1. The highest BCUT2D eigenvalue weighted by Gasteiger charge is 2.24. The summed E-state index contributed by atoms with van der Waals surface area (Å²) in [5.74, 6) is 0. The Balaban J connectivity index is 2.52.